The summed E-state index contributed by atoms with van der Waals surface area (Å²) in [7, 11) is 0. The van der Waals surface area contributed by atoms with Gasteiger partial charge in [0.1, 0.15) is 0 Å². The third-order valence-electron chi connectivity index (χ3n) is 3.51. The standard InChI is InChI=1S/C14H16ClF3N2O/c15-11-7-10(14(16,17)18)2-3-12(11)20-13(21)4-1-9-5-6-19-8-9/h2-3,7,9,19H,1,4-6,8H2,(H,20,21). The van der Waals surface area contributed by atoms with Crippen molar-refractivity contribution in [3.8, 4) is 0 Å². The second-order valence-corrected chi connectivity index (χ2v) is 5.55. The molecule has 0 bridgehead atoms. The Morgan fingerprint density at radius 3 is 2.76 bits per heavy atom. The first-order chi connectivity index (χ1) is 9.86. The molecule has 1 aliphatic heterocycles. The average molecular weight is 321 g/mol. The predicted octanol–water partition coefficient (Wildman–Crippen LogP) is 3.69. The molecular formula is C14H16ClF3N2O. The lowest BCUT2D eigenvalue weighted by molar-refractivity contribution is -0.137. The molecule has 1 aliphatic rings. The lowest BCUT2D eigenvalue weighted by Gasteiger charge is -2.12. The molecule has 1 heterocycles. The van der Waals surface area contributed by atoms with Crippen molar-refractivity contribution >= 4 is 23.2 Å². The summed E-state index contributed by atoms with van der Waals surface area (Å²) in [6.07, 6.45) is -2.29. The highest BCUT2D eigenvalue weighted by atomic mass is 35.5. The number of amides is 1. The monoisotopic (exact) mass is 320 g/mol. The van der Waals surface area contributed by atoms with Crippen molar-refractivity contribution in [2.75, 3.05) is 18.4 Å². The van der Waals surface area contributed by atoms with Gasteiger partial charge in [0, 0.05) is 6.42 Å². The van der Waals surface area contributed by atoms with Crippen molar-refractivity contribution in [2.45, 2.75) is 25.4 Å². The number of hydrogen-bond acceptors (Lipinski definition) is 2. The number of rotatable bonds is 4. The van der Waals surface area contributed by atoms with Crippen LogP contribution in [-0.2, 0) is 11.0 Å². The third-order valence-corrected chi connectivity index (χ3v) is 3.83. The minimum atomic E-state index is -4.44. The minimum Gasteiger partial charge on any atom is -0.325 e. The number of carbonyl (C=O) groups is 1. The molecule has 1 aromatic rings. The summed E-state index contributed by atoms with van der Waals surface area (Å²) in [4.78, 5) is 11.8. The summed E-state index contributed by atoms with van der Waals surface area (Å²) < 4.78 is 37.5. The Bertz CT molecular complexity index is 513. The number of benzene rings is 1. The first-order valence-corrected chi connectivity index (χ1v) is 7.11. The lowest BCUT2D eigenvalue weighted by atomic mass is 10.0. The summed E-state index contributed by atoms with van der Waals surface area (Å²) >= 11 is 5.78. The third kappa shape index (κ3) is 4.61. The molecule has 21 heavy (non-hydrogen) atoms. The number of nitrogens with one attached hydrogen (secondary N) is 2. The smallest absolute Gasteiger partial charge is 0.325 e. The van der Waals surface area contributed by atoms with Crippen LogP contribution in [0.1, 0.15) is 24.8 Å². The van der Waals surface area contributed by atoms with E-state index < -0.39 is 11.7 Å². The molecule has 0 aromatic heterocycles. The van der Waals surface area contributed by atoms with E-state index in [9.17, 15) is 18.0 Å². The fraction of sp³-hybridized carbons (Fsp3) is 0.500. The van der Waals surface area contributed by atoms with Crippen LogP contribution in [0.2, 0.25) is 5.02 Å². The van der Waals surface area contributed by atoms with Gasteiger partial charge in [-0.05, 0) is 50.0 Å². The van der Waals surface area contributed by atoms with Crippen LogP contribution in [-0.4, -0.2) is 19.0 Å². The lowest BCUT2D eigenvalue weighted by Crippen LogP contribution is -2.15. The fourth-order valence-electron chi connectivity index (χ4n) is 2.30. The second kappa shape index (κ2) is 6.66. The van der Waals surface area contributed by atoms with Crippen molar-refractivity contribution in [3.05, 3.63) is 28.8 Å². The van der Waals surface area contributed by atoms with Gasteiger partial charge >= 0.3 is 6.18 Å². The summed E-state index contributed by atoms with van der Waals surface area (Å²) in [6.45, 7) is 1.88. The van der Waals surface area contributed by atoms with Crippen molar-refractivity contribution in [1.29, 1.82) is 0 Å². The highest BCUT2D eigenvalue weighted by molar-refractivity contribution is 6.33. The van der Waals surface area contributed by atoms with Gasteiger partial charge in [0.2, 0.25) is 5.91 Å². The van der Waals surface area contributed by atoms with E-state index in [4.69, 9.17) is 11.6 Å². The van der Waals surface area contributed by atoms with E-state index in [-0.39, 0.29) is 16.6 Å². The highest BCUT2D eigenvalue weighted by Gasteiger charge is 2.31. The van der Waals surface area contributed by atoms with Crippen molar-refractivity contribution < 1.29 is 18.0 Å². The van der Waals surface area contributed by atoms with E-state index in [2.05, 4.69) is 10.6 Å². The van der Waals surface area contributed by atoms with Crippen LogP contribution in [0.4, 0.5) is 18.9 Å². The van der Waals surface area contributed by atoms with Gasteiger partial charge in [0.15, 0.2) is 0 Å². The maximum atomic E-state index is 12.5. The Morgan fingerprint density at radius 1 is 1.43 bits per heavy atom. The van der Waals surface area contributed by atoms with Crippen LogP contribution in [0.3, 0.4) is 0 Å². The fourth-order valence-corrected chi connectivity index (χ4v) is 2.53. The molecule has 1 unspecified atom stereocenters. The zero-order chi connectivity index (χ0) is 15.5. The summed E-state index contributed by atoms with van der Waals surface area (Å²) in [5, 5.41) is 5.66. The Balaban J connectivity index is 1.91. The molecule has 0 saturated carbocycles. The normalized spacial score (nSPS) is 18.8. The molecule has 116 valence electrons. The first-order valence-electron chi connectivity index (χ1n) is 6.73. The molecule has 2 rings (SSSR count). The van der Waals surface area contributed by atoms with Crippen molar-refractivity contribution in [3.63, 3.8) is 0 Å². The van der Waals surface area contributed by atoms with Gasteiger partial charge in [-0.2, -0.15) is 13.2 Å². The van der Waals surface area contributed by atoms with Crippen LogP contribution in [0, 0.1) is 5.92 Å². The van der Waals surface area contributed by atoms with Crippen LogP contribution in [0.25, 0.3) is 0 Å². The Morgan fingerprint density at radius 2 is 2.19 bits per heavy atom. The van der Waals surface area contributed by atoms with Gasteiger partial charge in [0.05, 0.1) is 16.3 Å². The highest BCUT2D eigenvalue weighted by Crippen LogP contribution is 2.33. The van der Waals surface area contributed by atoms with E-state index in [1.54, 1.807) is 0 Å². The molecule has 0 spiro atoms. The molecule has 0 aliphatic carbocycles. The Hall–Kier alpha value is -1.27. The number of halogens is 4. The van der Waals surface area contributed by atoms with Gasteiger partial charge in [-0.3, -0.25) is 4.79 Å². The molecule has 1 amide bonds. The average Bonchev–Trinajstić information content (AvgIpc) is 2.91. The van der Waals surface area contributed by atoms with Gasteiger partial charge in [-0.25, -0.2) is 0 Å². The molecule has 1 atom stereocenters. The van der Waals surface area contributed by atoms with Gasteiger partial charge < -0.3 is 10.6 Å². The van der Waals surface area contributed by atoms with E-state index >= 15 is 0 Å². The molecular weight excluding hydrogens is 305 g/mol. The maximum absolute atomic E-state index is 12.5. The Labute approximate surface area is 125 Å². The molecule has 1 aromatic carbocycles. The number of alkyl halides is 3. The summed E-state index contributed by atoms with van der Waals surface area (Å²) in [5.74, 6) is 0.252. The van der Waals surface area contributed by atoms with Crippen LogP contribution in [0.5, 0.6) is 0 Å². The zero-order valence-electron chi connectivity index (χ0n) is 11.3. The number of carbonyl (C=O) groups excluding carboxylic acids is 1. The van der Waals surface area contributed by atoms with E-state index in [0.29, 0.717) is 12.3 Å². The number of hydrogen-bond donors (Lipinski definition) is 2. The van der Waals surface area contributed by atoms with Gasteiger partial charge in [0.25, 0.3) is 0 Å². The van der Waals surface area contributed by atoms with Crippen LogP contribution in [0.15, 0.2) is 18.2 Å². The van der Waals surface area contributed by atoms with Crippen molar-refractivity contribution in [1.82, 2.24) is 5.32 Å². The SMILES string of the molecule is O=C(CCC1CCNC1)Nc1ccc(C(F)(F)F)cc1Cl. The molecule has 2 N–H and O–H groups in total. The molecule has 3 nitrogen and oxygen atoms in total. The van der Waals surface area contributed by atoms with Gasteiger partial charge in [-0.1, -0.05) is 11.6 Å². The maximum Gasteiger partial charge on any atom is 0.416 e. The molecule has 7 heteroatoms. The predicted molar refractivity (Wildman–Crippen MR) is 75.3 cm³/mol. The zero-order valence-corrected chi connectivity index (χ0v) is 12.0. The minimum absolute atomic E-state index is 0.110. The van der Waals surface area contributed by atoms with E-state index in [1.165, 1.54) is 6.07 Å². The molecule has 1 fully saturated rings. The van der Waals surface area contributed by atoms with Crippen LogP contribution < -0.4 is 10.6 Å². The summed E-state index contributed by atoms with van der Waals surface area (Å²) in [6, 6.07) is 2.90. The van der Waals surface area contributed by atoms with E-state index in [0.717, 1.165) is 38.1 Å². The van der Waals surface area contributed by atoms with E-state index in [1.807, 2.05) is 0 Å². The molecule has 0 radical (unpaired) electrons. The molecule has 1 saturated heterocycles. The quantitative estimate of drug-likeness (QED) is 0.888. The summed E-state index contributed by atoms with van der Waals surface area (Å²) in [5.41, 5.74) is -0.623. The largest absolute Gasteiger partial charge is 0.416 e. The van der Waals surface area contributed by atoms with Crippen molar-refractivity contribution in [2.24, 2.45) is 5.92 Å². The first kappa shape index (κ1) is 16.1. The topological polar surface area (TPSA) is 41.1 Å². The number of anilines is 1. The Kier molecular flexibility index (Phi) is 5.11. The van der Waals surface area contributed by atoms with Gasteiger partial charge in [-0.15, -0.1) is 0 Å². The second-order valence-electron chi connectivity index (χ2n) is 5.14. The van der Waals surface area contributed by atoms with Crippen LogP contribution >= 0.6 is 11.6 Å².